The van der Waals surface area contributed by atoms with E-state index in [0.717, 1.165) is 70.6 Å². The van der Waals surface area contributed by atoms with Crippen LogP contribution in [0.1, 0.15) is 174 Å². The van der Waals surface area contributed by atoms with Gasteiger partial charge in [-0.1, -0.05) is 97.3 Å². The lowest BCUT2D eigenvalue weighted by Gasteiger charge is -2.04. The maximum Gasteiger partial charge on any atom is 0.140 e. The van der Waals surface area contributed by atoms with Crippen molar-refractivity contribution in [2.45, 2.75) is 174 Å². The molecule has 0 heterocycles. The molecule has 4 nitrogen and oxygen atoms in total. The zero-order chi connectivity index (χ0) is 26.0. The highest BCUT2D eigenvalue weighted by molar-refractivity contribution is 5.99. The summed E-state index contributed by atoms with van der Waals surface area (Å²) in [4.78, 5) is 47.8. The molecule has 0 aliphatic rings. The zero-order valence-corrected chi connectivity index (χ0v) is 23.3. The van der Waals surface area contributed by atoms with Gasteiger partial charge in [-0.3, -0.25) is 19.2 Å². The van der Waals surface area contributed by atoms with Gasteiger partial charge in [-0.15, -0.1) is 0 Å². The van der Waals surface area contributed by atoms with Crippen LogP contribution in [0.2, 0.25) is 0 Å². The molecule has 0 aromatic carbocycles. The summed E-state index contributed by atoms with van der Waals surface area (Å²) in [6, 6.07) is 0. The molecule has 0 N–H and O–H groups in total. The highest BCUT2D eigenvalue weighted by atomic mass is 16.1. The summed E-state index contributed by atoms with van der Waals surface area (Å²) >= 11 is 0. The molecule has 0 aliphatic heterocycles. The van der Waals surface area contributed by atoms with Gasteiger partial charge < -0.3 is 0 Å². The van der Waals surface area contributed by atoms with E-state index in [0.29, 0.717) is 37.9 Å². The van der Waals surface area contributed by atoms with Crippen molar-refractivity contribution in [3.8, 4) is 0 Å². The van der Waals surface area contributed by atoms with Crippen LogP contribution in [-0.2, 0) is 19.2 Å². The number of rotatable bonds is 28. The summed E-state index contributed by atoms with van der Waals surface area (Å²) in [6.07, 6.45) is 23.3. The Morgan fingerprint density at radius 2 is 0.571 bits per heavy atom. The van der Waals surface area contributed by atoms with Crippen molar-refractivity contribution in [2.75, 3.05) is 0 Å². The molecule has 0 aromatic heterocycles. The van der Waals surface area contributed by atoms with Gasteiger partial charge in [-0.25, -0.2) is 0 Å². The molecule has 0 fully saturated rings. The maximum absolute atomic E-state index is 12.0. The first-order valence-corrected chi connectivity index (χ1v) is 15.1. The molecule has 35 heavy (non-hydrogen) atoms. The topological polar surface area (TPSA) is 68.3 Å². The van der Waals surface area contributed by atoms with Crippen molar-refractivity contribution < 1.29 is 19.2 Å². The zero-order valence-electron chi connectivity index (χ0n) is 23.3. The second-order valence-corrected chi connectivity index (χ2v) is 10.5. The molecule has 4 heteroatoms. The van der Waals surface area contributed by atoms with Gasteiger partial charge in [0, 0.05) is 38.5 Å². The number of Topliss-reactive ketones (excluding diaryl/α,β-unsaturated/α-hetero) is 4. The number of carbonyl (C=O) groups excluding carboxylic acids is 4. The number of carbonyl (C=O) groups is 4. The second kappa shape index (κ2) is 25.8. The Hall–Kier alpha value is -1.32. The van der Waals surface area contributed by atoms with Gasteiger partial charge in [0.2, 0.25) is 0 Å². The minimum Gasteiger partial charge on any atom is -0.300 e. The molecule has 0 saturated carbocycles. The lowest BCUT2D eigenvalue weighted by Crippen LogP contribution is -2.08. The fourth-order valence-corrected chi connectivity index (χ4v) is 4.51. The van der Waals surface area contributed by atoms with Gasteiger partial charge in [-0.2, -0.15) is 0 Å². The summed E-state index contributed by atoms with van der Waals surface area (Å²) in [5, 5.41) is 0. The quantitative estimate of drug-likeness (QED) is 0.0806. The van der Waals surface area contributed by atoms with E-state index < -0.39 is 0 Å². The predicted molar refractivity (Wildman–Crippen MR) is 147 cm³/mol. The molecular weight excluding hydrogens is 436 g/mol. The fraction of sp³-hybridized carbons (Fsp3) is 0.871. The van der Waals surface area contributed by atoms with Gasteiger partial charge in [0.05, 0.1) is 6.42 Å². The minimum absolute atomic E-state index is 0.0157. The third-order valence-corrected chi connectivity index (χ3v) is 6.84. The van der Waals surface area contributed by atoms with Crippen LogP contribution in [-0.4, -0.2) is 23.1 Å². The Bertz CT molecular complexity index is 552. The standard InChI is InChI=1S/C31H56O4/c1-3-5-7-9-10-13-18-23-29(33)25-20-26-31(35)27-30(34)24-19-15-12-11-14-17-22-28(32)21-16-8-6-4-2/h3-27H2,1-2H3. The van der Waals surface area contributed by atoms with Crippen molar-refractivity contribution in [1.29, 1.82) is 0 Å². The molecule has 0 unspecified atom stereocenters. The summed E-state index contributed by atoms with van der Waals surface area (Å²) in [5.74, 6) is 0.694. The Balaban J connectivity index is 3.50. The van der Waals surface area contributed by atoms with E-state index in [2.05, 4.69) is 13.8 Å². The van der Waals surface area contributed by atoms with Crippen molar-refractivity contribution >= 4 is 23.1 Å². The molecule has 0 aromatic rings. The van der Waals surface area contributed by atoms with Gasteiger partial charge in [0.15, 0.2) is 0 Å². The van der Waals surface area contributed by atoms with Crippen LogP contribution in [0.15, 0.2) is 0 Å². The molecule has 0 radical (unpaired) electrons. The maximum atomic E-state index is 12.0. The molecule has 0 atom stereocenters. The number of hydrogen-bond donors (Lipinski definition) is 0. The van der Waals surface area contributed by atoms with Crippen LogP contribution in [0.3, 0.4) is 0 Å². The van der Waals surface area contributed by atoms with E-state index in [-0.39, 0.29) is 23.8 Å². The van der Waals surface area contributed by atoms with Crippen LogP contribution in [0.25, 0.3) is 0 Å². The lowest BCUT2D eigenvalue weighted by molar-refractivity contribution is -0.127. The molecule has 204 valence electrons. The largest absolute Gasteiger partial charge is 0.300 e. The molecule has 0 aliphatic carbocycles. The van der Waals surface area contributed by atoms with Crippen molar-refractivity contribution in [3.63, 3.8) is 0 Å². The fourth-order valence-electron chi connectivity index (χ4n) is 4.51. The molecule has 0 amide bonds. The monoisotopic (exact) mass is 492 g/mol. The Labute approximate surface area is 216 Å². The average Bonchev–Trinajstić information content (AvgIpc) is 2.83. The minimum atomic E-state index is -0.0157. The first-order valence-electron chi connectivity index (χ1n) is 15.1. The van der Waals surface area contributed by atoms with Crippen LogP contribution in [0, 0.1) is 0 Å². The molecule has 0 bridgehead atoms. The Kier molecular flexibility index (Phi) is 24.8. The second-order valence-electron chi connectivity index (χ2n) is 10.5. The molecule has 0 rings (SSSR count). The number of ketones is 4. The Morgan fingerprint density at radius 1 is 0.314 bits per heavy atom. The average molecular weight is 493 g/mol. The summed E-state index contributed by atoms with van der Waals surface area (Å²) in [5.41, 5.74) is 0. The lowest BCUT2D eigenvalue weighted by atomic mass is 10.0. The summed E-state index contributed by atoms with van der Waals surface area (Å²) in [7, 11) is 0. The van der Waals surface area contributed by atoms with E-state index in [9.17, 15) is 19.2 Å². The summed E-state index contributed by atoms with van der Waals surface area (Å²) < 4.78 is 0. The van der Waals surface area contributed by atoms with E-state index in [1.54, 1.807) is 0 Å². The van der Waals surface area contributed by atoms with E-state index in [1.807, 2.05) is 0 Å². The predicted octanol–water partition coefficient (Wildman–Crippen LogP) is 9.06. The number of hydrogen-bond acceptors (Lipinski definition) is 4. The molecular formula is C31H56O4. The van der Waals surface area contributed by atoms with Gasteiger partial charge >= 0.3 is 0 Å². The van der Waals surface area contributed by atoms with Crippen molar-refractivity contribution in [2.24, 2.45) is 0 Å². The van der Waals surface area contributed by atoms with Crippen LogP contribution >= 0.6 is 0 Å². The third kappa shape index (κ3) is 25.6. The van der Waals surface area contributed by atoms with Crippen LogP contribution in [0.4, 0.5) is 0 Å². The summed E-state index contributed by atoms with van der Waals surface area (Å²) in [6.45, 7) is 4.40. The normalized spacial score (nSPS) is 11.0. The van der Waals surface area contributed by atoms with Gasteiger partial charge in [-0.05, 0) is 32.1 Å². The SMILES string of the molecule is CCCCCCCCCC(=O)CCCC(=O)CC(=O)CCCCCCCCC(=O)CCCCCC. The van der Waals surface area contributed by atoms with Crippen LogP contribution in [0.5, 0.6) is 0 Å². The third-order valence-electron chi connectivity index (χ3n) is 6.84. The van der Waals surface area contributed by atoms with Gasteiger partial charge in [0.25, 0.3) is 0 Å². The van der Waals surface area contributed by atoms with Crippen molar-refractivity contribution in [1.82, 2.24) is 0 Å². The highest BCUT2D eigenvalue weighted by Crippen LogP contribution is 2.13. The molecule has 0 saturated heterocycles. The smallest absolute Gasteiger partial charge is 0.140 e. The first-order chi connectivity index (χ1) is 17.0. The highest BCUT2D eigenvalue weighted by Gasteiger charge is 2.11. The van der Waals surface area contributed by atoms with Gasteiger partial charge in [0.1, 0.15) is 23.1 Å². The Morgan fingerprint density at radius 3 is 0.971 bits per heavy atom. The van der Waals surface area contributed by atoms with Crippen LogP contribution < -0.4 is 0 Å². The van der Waals surface area contributed by atoms with E-state index >= 15 is 0 Å². The first kappa shape index (κ1) is 33.7. The molecule has 0 spiro atoms. The number of unbranched alkanes of at least 4 members (excludes halogenated alkanes) is 14. The van der Waals surface area contributed by atoms with E-state index in [4.69, 9.17) is 0 Å². The van der Waals surface area contributed by atoms with E-state index in [1.165, 1.54) is 51.4 Å². The van der Waals surface area contributed by atoms with Crippen molar-refractivity contribution in [3.05, 3.63) is 0 Å².